The molecule has 0 aromatic carbocycles. The van der Waals surface area contributed by atoms with Gasteiger partial charge in [0.2, 0.25) is 0 Å². The number of anilines is 1. The molecule has 0 aliphatic carbocycles. The Morgan fingerprint density at radius 1 is 1.28 bits per heavy atom. The smallest absolute Gasteiger partial charge is 0.357 e. The third kappa shape index (κ3) is 4.80. The minimum atomic E-state index is -0.484. The molecule has 25 heavy (non-hydrogen) atoms. The maximum Gasteiger partial charge on any atom is 0.357 e. The molecule has 2 aromatic rings. The van der Waals surface area contributed by atoms with E-state index >= 15 is 0 Å². The predicted octanol–water partition coefficient (Wildman–Crippen LogP) is 4.10. The fourth-order valence-electron chi connectivity index (χ4n) is 2.28. The van der Waals surface area contributed by atoms with Gasteiger partial charge < -0.3 is 9.64 Å². The number of nitrogens with zero attached hydrogens (tertiary/aromatic N) is 4. The van der Waals surface area contributed by atoms with Gasteiger partial charge in [-0.2, -0.15) is 0 Å². The van der Waals surface area contributed by atoms with Crippen molar-refractivity contribution >= 4 is 50.9 Å². The third-order valence-electron chi connectivity index (χ3n) is 3.76. The van der Waals surface area contributed by atoms with Crippen LogP contribution in [0.25, 0.3) is 0 Å². The van der Waals surface area contributed by atoms with Gasteiger partial charge in [0, 0.05) is 13.6 Å². The maximum atomic E-state index is 11.7. The van der Waals surface area contributed by atoms with Crippen LogP contribution in [-0.4, -0.2) is 41.9 Å². The molecule has 0 unspecified atom stereocenters. The standard InChI is InChI=1S/C16H17BrCl2N4O2/c1-9-10(15(19)22-21-14(9)18)5-4-8-23(2)12-7-6-11(17)13(20-12)16(24)25-3/h6-7H,4-5,8H2,1-3H3. The minimum Gasteiger partial charge on any atom is -0.464 e. The average Bonchev–Trinajstić information content (AvgIpc) is 2.60. The molecule has 2 rings (SSSR count). The number of rotatable bonds is 6. The van der Waals surface area contributed by atoms with E-state index in [1.165, 1.54) is 7.11 Å². The lowest BCUT2D eigenvalue weighted by atomic mass is 10.1. The van der Waals surface area contributed by atoms with Crippen molar-refractivity contribution in [2.75, 3.05) is 25.6 Å². The molecule has 6 nitrogen and oxygen atoms in total. The van der Waals surface area contributed by atoms with Gasteiger partial charge in [-0.05, 0) is 59.0 Å². The van der Waals surface area contributed by atoms with Crippen molar-refractivity contribution < 1.29 is 9.53 Å². The molecular weight excluding hydrogens is 431 g/mol. The molecule has 0 N–H and O–H groups in total. The van der Waals surface area contributed by atoms with E-state index in [1.54, 1.807) is 6.07 Å². The molecule has 0 spiro atoms. The summed E-state index contributed by atoms with van der Waals surface area (Å²) in [6, 6.07) is 3.61. The van der Waals surface area contributed by atoms with Gasteiger partial charge in [-0.25, -0.2) is 9.78 Å². The number of esters is 1. The van der Waals surface area contributed by atoms with E-state index in [4.69, 9.17) is 27.9 Å². The molecular formula is C16H17BrCl2N4O2. The number of ether oxygens (including phenoxy) is 1. The Labute approximate surface area is 164 Å². The number of methoxy groups -OCH3 is 1. The van der Waals surface area contributed by atoms with Gasteiger partial charge in [-0.1, -0.05) is 23.2 Å². The van der Waals surface area contributed by atoms with E-state index in [9.17, 15) is 4.79 Å². The molecule has 2 heterocycles. The second-order valence-electron chi connectivity index (χ2n) is 5.40. The lowest BCUT2D eigenvalue weighted by molar-refractivity contribution is 0.0593. The Morgan fingerprint density at radius 3 is 2.64 bits per heavy atom. The van der Waals surface area contributed by atoms with Crippen molar-refractivity contribution in [3.8, 4) is 0 Å². The highest BCUT2D eigenvalue weighted by Crippen LogP contribution is 2.24. The van der Waals surface area contributed by atoms with Crippen molar-refractivity contribution in [3.63, 3.8) is 0 Å². The molecule has 0 radical (unpaired) electrons. The highest BCUT2D eigenvalue weighted by molar-refractivity contribution is 9.10. The Morgan fingerprint density at radius 2 is 1.96 bits per heavy atom. The molecule has 0 fully saturated rings. The lowest BCUT2D eigenvalue weighted by Gasteiger charge is -2.19. The molecule has 0 aliphatic heterocycles. The summed E-state index contributed by atoms with van der Waals surface area (Å²) in [6.07, 6.45) is 1.52. The van der Waals surface area contributed by atoms with Gasteiger partial charge in [0.1, 0.15) is 5.82 Å². The molecule has 9 heteroatoms. The van der Waals surface area contributed by atoms with Gasteiger partial charge in [0.05, 0.1) is 11.6 Å². The summed E-state index contributed by atoms with van der Waals surface area (Å²) in [6.45, 7) is 2.59. The topological polar surface area (TPSA) is 68.2 Å². The van der Waals surface area contributed by atoms with Crippen LogP contribution >= 0.6 is 39.1 Å². The zero-order valence-electron chi connectivity index (χ0n) is 14.0. The normalized spacial score (nSPS) is 10.6. The summed E-state index contributed by atoms with van der Waals surface area (Å²) < 4.78 is 5.33. The van der Waals surface area contributed by atoms with Crippen molar-refractivity contribution in [3.05, 3.63) is 43.7 Å². The van der Waals surface area contributed by atoms with E-state index in [-0.39, 0.29) is 5.69 Å². The summed E-state index contributed by atoms with van der Waals surface area (Å²) in [7, 11) is 3.23. The number of pyridine rings is 1. The largest absolute Gasteiger partial charge is 0.464 e. The van der Waals surface area contributed by atoms with Crippen molar-refractivity contribution in [1.29, 1.82) is 0 Å². The predicted molar refractivity (Wildman–Crippen MR) is 102 cm³/mol. The second kappa shape index (κ2) is 8.78. The summed E-state index contributed by atoms with van der Waals surface area (Å²) >= 11 is 15.4. The van der Waals surface area contributed by atoms with Crippen molar-refractivity contribution in [2.45, 2.75) is 19.8 Å². The summed E-state index contributed by atoms with van der Waals surface area (Å²) in [4.78, 5) is 18.1. The molecule has 0 aliphatic rings. The fraction of sp³-hybridized carbons (Fsp3) is 0.375. The SMILES string of the molecule is COC(=O)c1nc(N(C)CCCc2c(Cl)nnc(Cl)c2C)ccc1Br. The highest BCUT2D eigenvalue weighted by atomic mass is 79.9. The van der Waals surface area contributed by atoms with E-state index in [2.05, 4.69) is 31.1 Å². The second-order valence-corrected chi connectivity index (χ2v) is 6.97. The molecule has 0 saturated heterocycles. The van der Waals surface area contributed by atoms with Crippen LogP contribution < -0.4 is 4.90 Å². The number of halogens is 3. The summed E-state index contributed by atoms with van der Waals surface area (Å²) in [5.74, 6) is 0.194. The fourth-order valence-corrected chi connectivity index (χ4v) is 3.09. The molecule has 0 saturated carbocycles. The van der Waals surface area contributed by atoms with Crippen LogP contribution in [0.1, 0.15) is 28.0 Å². The van der Waals surface area contributed by atoms with Crippen LogP contribution in [0, 0.1) is 6.92 Å². The van der Waals surface area contributed by atoms with Crippen LogP contribution in [0.15, 0.2) is 16.6 Å². The van der Waals surface area contributed by atoms with Crippen LogP contribution in [0.5, 0.6) is 0 Å². The highest BCUT2D eigenvalue weighted by Gasteiger charge is 2.15. The van der Waals surface area contributed by atoms with Gasteiger partial charge in [-0.3, -0.25) is 0 Å². The van der Waals surface area contributed by atoms with Crippen LogP contribution in [0.3, 0.4) is 0 Å². The summed E-state index contributed by atoms with van der Waals surface area (Å²) in [5, 5.41) is 8.37. The minimum absolute atomic E-state index is 0.246. The number of hydrogen-bond acceptors (Lipinski definition) is 6. The first kappa shape index (κ1) is 19.9. The summed E-state index contributed by atoms with van der Waals surface area (Å²) in [5.41, 5.74) is 1.99. The number of hydrogen-bond donors (Lipinski definition) is 0. The molecule has 134 valence electrons. The van der Waals surface area contributed by atoms with Crippen molar-refractivity contribution in [2.24, 2.45) is 0 Å². The van der Waals surface area contributed by atoms with Gasteiger partial charge in [-0.15, -0.1) is 10.2 Å². The average molecular weight is 448 g/mol. The first-order valence-corrected chi connectivity index (χ1v) is 9.03. The zero-order valence-corrected chi connectivity index (χ0v) is 17.1. The van der Waals surface area contributed by atoms with Gasteiger partial charge in [0.15, 0.2) is 16.0 Å². The molecule has 0 amide bonds. The van der Waals surface area contributed by atoms with Gasteiger partial charge in [0.25, 0.3) is 0 Å². The lowest BCUT2D eigenvalue weighted by Crippen LogP contribution is -2.21. The van der Waals surface area contributed by atoms with E-state index < -0.39 is 5.97 Å². The number of carbonyl (C=O) groups is 1. The Kier molecular flexibility index (Phi) is 6.98. The molecule has 2 aromatic heterocycles. The van der Waals surface area contributed by atoms with Crippen molar-refractivity contribution in [1.82, 2.24) is 15.2 Å². The van der Waals surface area contributed by atoms with E-state index in [1.807, 2.05) is 24.9 Å². The molecule has 0 bridgehead atoms. The number of aromatic nitrogens is 3. The van der Waals surface area contributed by atoms with E-state index in [0.29, 0.717) is 33.6 Å². The van der Waals surface area contributed by atoms with Crippen LogP contribution in [0.2, 0.25) is 10.3 Å². The zero-order chi connectivity index (χ0) is 18.6. The Bertz CT molecular complexity index is 789. The van der Waals surface area contributed by atoms with Crippen LogP contribution in [-0.2, 0) is 11.2 Å². The van der Waals surface area contributed by atoms with Gasteiger partial charge >= 0.3 is 5.97 Å². The van der Waals surface area contributed by atoms with E-state index in [0.717, 1.165) is 17.5 Å². The number of carbonyl (C=O) groups excluding carboxylic acids is 1. The molecule has 0 atom stereocenters. The first-order valence-electron chi connectivity index (χ1n) is 7.48. The monoisotopic (exact) mass is 446 g/mol. The van der Waals surface area contributed by atoms with Crippen LogP contribution in [0.4, 0.5) is 5.82 Å². The Hall–Kier alpha value is -1.44. The third-order valence-corrected chi connectivity index (χ3v) is 5.06. The first-order chi connectivity index (χ1) is 11.8. The maximum absolute atomic E-state index is 11.7. The quantitative estimate of drug-likeness (QED) is 0.620. The Balaban J connectivity index is 2.05.